The molecule has 0 saturated carbocycles. The highest BCUT2D eigenvalue weighted by atomic mass is 16.1. The zero-order valence-corrected chi connectivity index (χ0v) is 9.49. The summed E-state index contributed by atoms with van der Waals surface area (Å²) in [5.74, 6) is 0.217. The summed E-state index contributed by atoms with van der Waals surface area (Å²) in [6.07, 6.45) is 2.01. The summed E-state index contributed by atoms with van der Waals surface area (Å²) < 4.78 is 0. The number of aryl methyl sites for hydroxylation is 1. The third-order valence-corrected chi connectivity index (χ3v) is 2.38. The van der Waals surface area contributed by atoms with E-state index >= 15 is 0 Å². The summed E-state index contributed by atoms with van der Waals surface area (Å²) in [7, 11) is 0. The topological polar surface area (TPSA) is 43.1 Å². The third kappa shape index (κ3) is 4.26. The number of hydrogen-bond acceptors (Lipinski definition) is 2. The third-order valence-electron chi connectivity index (χ3n) is 2.38. The molecule has 0 spiro atoms. The lowest BCUT2D eigenvalue weighted by Crippen LogP contribution is -2.20. The molecule has 0 saturated heterocycles. The lowest BCUT2D eigenvalue weighted by atomic mass is 10.0. The van der Waals surface area contributed by atoms with E-state index in [0.717, 1.165) is 12.0 Å². The summed E-state index contributed by atoms with van der Waals surface area (Å²) in [4.78, 5) is 11.5. The van der Waals surface area contributed by atoms with Crippen LogP contribution in [-0.4, -0.2) is 11.8 Å². The van der Waals surface area contributed by atoms with Crippen molar-refractivity contribution in [3.63, 3.8) is 0 Å². The van der Waals surface area contributed by atoms with Crippen LogP contribution in [0.2, 0.25) is 0 Å². The van der Waals surface area contributed by atoms with Crippen LogP contribution in [0.15, 0.2) is 24.3 Å². The van der Waals surface area contributed by atoms with E-state index in [0.29, 0.717) is 12.8 Å². The number of nitrogens with two attached hydrogens (primary N) is 1. The SMILES string of the molecule is CCc1ccc(CC(=O)CC(C)N)cc1. The van der Waals surface area contributed by atoms with E-state index in [4.69, 9.17) is 5.73 Å². The minimum atomic E-state index is -0.0348. The summed E-state index contributed by atoms with van der Waals surface area (Å²) in [6, 6.07) is 8.17. The predicted octanol–water partition coefficient (Wildman–Crippen LogP) is 2.10. The largest absolute Gasteiger partial charge is 0.328 e. The van der Waals surface area contributed by atoms with Crippen molar-refractivity contribution < 1.29 is 4.79 Å². The second-order valence-electron chi connectivity index (χ2n) is 4.07. The molecule has 1 aromatic carbocycles. The number of Topliss-reactive ketones (excluding diaryl/α,β-unsaturated/α-hetero) is 1. The fraction of sp³-hybridized carbons (Fsp3) is 0.462. The Labute approximate surface area is 91.5 Å². The summed E-state index contributed by atoms with van der Waals surface area (Å²) in [6.45, 7) is 3.98. The van der Waals surface area contributed by atoms with Gasteiger partial charge in [-0.15, -0.1) is 0 Å². The first-order chi connectivity index (χ1) is 7.11. The maximum absolute atomic E-state index is 11.5. The van der Waals surface area contributed by atoms with E-state index in [1.807, 2.05) is 19.1 Å². The number of carbonyl (C=O) groups excluding carboxylic acids is 1. The second kappa shape index (κ2) is 5.66. The molecule has 0 heterocycles. The zero-order valence-electron chi connectivity index (χ0n) is 9.49. The van der Waals surface area contributed by atoms with Crippen molar-refractivity contribution in [3.05, 3.63) is 35.4 Å². The van der Waals surface area contributed by atoms with Crippen LogP contribution >= 0.6 is 0 Å². The van der Waals surface area contributed by atoms with Crippen LogP contribution in [-0.2, 0) is 17.6 Å². The first kappa shape index (κ1) is 11.9. The molecule has 2 heteroatoms. The molecule has 0 fully saturated rings. The molecular formula is C13H19NO. The molecule has 0 aliphatic carbocycles. The van der Waals surface area contributed by atoms with Crippen molar-refractivity contribution in [2.45, 2.75) is 39.2 Å². The minimum absolute atomic E-state index is 0.0348. The average Bonchev–Trinajstić information content (AvgIpc) is 2.17. The van der Waals surface area contributed by atoms with Gasteiger partial charge in [0, 0.05) is 18.9 Å². The molecule has 15 heavy (non-hydrogen) atoms. The molecule has 2 nitrogen and oxygen atoms in total. The van der Waals surface area contributed by atoms with Gasteiger partial charge in [0.15, 0.2) is 0 Å². The maximum atomic E-state index is 11.5. The van der Waals surface area contributed by atoms with Crippen molar-refractivity contribution in [2.75, 3.05) is 0 Å². The first-order valence-corrected chi connectivity index (χ1v) is 5.47. The highest BCUT2D eigenvalue weighted by Crippen LogP contribution is 2.07. The van der Waals surface area contributed by atoms with Crippen molar-refractivity contribution in [1.82, 2.24) is 0 Å². The Morgan fingerprint density at radius 1 is 1.27 bits per heavy atom. The number of hydrogen-bond donors (Lipinski definition) is 1. The molecule has 0 amide bonds. The van der Waals surface area contributed by atoms with E-state index in [2.05, 4.69) is 19.1 Å². The molecule has 0 aromatic heterocycles. The molecule has 1 aromatic rings. The Morgan fingerprint density at radius 3 is 2.27 bits per heavy atom. The molecule has 0 radical (unpaired) electrons. The van der Waals surface area contributed by atoms with Gasteiger partial charge in [-0.3, -0.25) is 4.79 Å². The van der Waals surface area contributed by atoms with Crippen LogP contribution in [0.25, 0.3) is 0 Å². The van der Waals surface area contributed by atoms with Gasteiger partial charge in [0.25, 0.3) is 0 Å². The maximum Gasteiger partial charge on any atom is 0.138 e. The van der Waals surface area contributed by atoms with Gasteiger partial charge in [-0.1, -0.05) is 31.2 Å². The van der Waals surface area contributed by atoms with Crippen LogP contribution in [0.4, 0.5) is 0 Å². The Balaban J connectivity index is 2.53. The van der Waals surface area contributed by atoms with Gasteiger partial charge < -0.3 is 5.73 Å². The van der Waals surface area contributed by atoms with Crippen molar-refractivity contribution in [1.29, 1.82) is 0 Å². The number of rotatable bonds is 5. The lowest BCUT2D eigenvalue weighted by Gasteiger charge is -2.04. The van der Waals surface area contributed by atoms with Crippen molar-refractivity contribution in [3.8, 4) is 0 Å². The van der Waals surface area contributed by atoms with Gasteiger partial charge in [0.1, 0.15) is 5.78 Å². The number of carbonyl (C=O) groups is 1. The molecule has 82 valence electrons. The Kier molecular flexibility index (Phi) is 4.50. The summed E-state index contributed by atoms with van der Waals surface area (Å²) in [5.41, 5.74) is 7.96. The zero-order chi connectivity index (χ0) is 11.3. The van der Waals surface area contributed by atoms with Gasteiger partial charge in [-0.05, 0) is 24.5 Å². The Morgan fingerprint density at radius 2 is 1.80 bits per heavy atom. The molecule has 0 aliphatic heterocycles. The highest BCUT2D eigenvalue weighted by molar-refractivity contribution is 5.81. The van der Waals surface area contributed by atoms with Gasteiger partial charge in [0.05, 0.1) is 0 Å². The highest BCUT2D eigenvalue weighted by Gasteiger charge is 2.06. The molecule has 1 rings (SSSR count). The van der Waals surface area contributed by atoms with E-state index in [1.54, 1.807) is 0 Å². The van der Waals surface area contributed by atoms with Crippen LogP contribution in [0.1, 0.15) is 31.4 Å². The fourth-order valence-electron chi connectivity index (χ4n) is 1.55. The van der Waals surface area contributed by atoms with E-state index in [-0.39, 0.29) is 11.8 Å². The Bertz CT molecular complexity index is 314. The predicted molar refractivity (Wildman–Crippen MR) is 62.8 cm³/mol. The number of benzene rings is 1. The second-order valence-corrected chi connectivity index (χ2v) is 4.07. The van der Waals surface area contributed by atoms with Crippen molar-refractivity contribution >= 4 is 5.78 Å². The Hall–Kier alpha value is -1.15. The van der Waals surface area contributed by atoms with Gasteiger partial charge in [-0.2, -0.15) is 0 Å². The quantitative estimate of drug-likeness (QED) is 0.800. The lowest BCUT2D eigenvalue weighted by molar-refractivity contribution is -0.118. The molecular weight excluding hydrogens is 186 g/mol. The van der Waals surface area contributed by atoms with Crippen LogP contribution in [0.5, 0.6) is 0 Å². The van der Waals surface area contributed by atoms with Crippen molar-refractivity contribution in [2.24, 2.45) is 5.73 Å². The fourth-order valence-corrected chi connectivity index (χ4v) is 1.55. The average molecular weight is 205 g/mol. The normalized spacial score (nSPS) is 12.5. The van der Waals surface area contributed by atoms with Gasteiger partial charge in [0.2, 0.25) is 0 Å². The first-order valence-electron chi connectivity index (χ1n) is 5.47. The van der Waals surface area contributed by atoms with Gasteiger partial charge in [-0.25, -0.2) is 0 Å². The molecule has 0 aliphatic rings. The van der Waals surface area contributed by atoms with E-state index in [9.17, 15) is 4.79 Å². The smallest absolute Gasteiger partial charge is 0.138 e. The molecule has 2 N–H and O–H groups in total. The monoisotopic (exact) mass is 205 g/mol. The molecule has 1 unspecified atom stereocenters. The molecule has 1 atom stereocenters. The van der Waals surface area contributed by atoms with E-state index < -0.39 is 0 Å². The summed E-state index contributed by atoms with van der Waals surface area (Å²) >= 11 is 0. The van der Waals surface area contributed by atoms with Crippen LogP contribution in [0.3, 0.4) is 0 Å². The number of ketones is 1. The standard InChI is InChI=1S/C13H19NO/c1-3-11-4-6-12(7-5-11)9-13(15)8-10(2)14/h4-7,10H,3,8-9,14H2,1-2H3. The van der Waals surface area contributed by atoms with Crippen LogP contribution in [0, 0.1) is 0 Å². The van der Waals surface area contributed by atoms with Gasteiger partial charge >= 0.3 is 0 Å². The summed E-state index contributed by atoms with van der Waals surface area (Å²) in [5, 5.41) is 0. The minimum Gasteiger partial charge on any atom is -0.328 e. The van der Waals surface area contributed by atoms with Crippen LogP contribution < -0.4 is 5.73 Å². The van der Waals surface area contributed by atoms with E-state index in [1.165, 1.54) is 5.56 Å². The molecule has 0 bridgehead atoms.